The van der Waals surface area contributed by atoms with Crippen molar-refractivity contribution in [2.75, 3.05) is 0 Å². The van der Waals surface area contributed by atoms with Crippen LogP contribution in [0.15, 0.2) is 54.6 Å². The zero-order valence-electron chi connectivity index (χ0n) is 10.8. The lowest BCUT2D eigenvalue weighted by Gasteiger charge is -2.05. The van der Waals surface area contributed by atoms with E-state index in [0.717, 1.165) is 22.8 Å². The van der Waals surface area contributed by atoms with Crippen LogP contribution in [0, 0.1) is 0 Å². The lowest BCUT2D eigenvalue weighted by Crippen LogP contribution is -2.07. The lowest BCUT2D eigenvalue weighted by molar-refractivity contribution is 0.625. The van der Waals surface area contributed by atoms with Crippen molar-refractivity contribution in [1.29, 1.82) is 0 Å². The van der Waals surface area contributed by atoms with Crippen molar-refractivity contribution < 1.29 is 0 Å². The summed E-state index contributed by atoms with van der Waals surface area (Å²) in [4.78, 5) is 0. The van der Waals surface area contributed by atoms with E-state index in [1.807, 2.05) is 47.1 Å². The van der Waals surface area contributed by atoms with Crippen LogP contribution in [0.4, 0.5) is 0 Å². The molecular formula is C15H13ClN4. The van der Waals surface area contributed by atoms with Crippen LogP contribution in [0.5, 0.6) is 0 Å². The summed E-state index contributed by atoms with van der Waals surface area (Å²) in [6.45, 7) is 0.645. The van der Waals surface area contributed by atoms with Crippen molar-refractivity contribution in [1.82, 2.24) is 20.2 Å². The predicted molar refractivity (Wildman–Crippen MR) is 77.6 cm³/mol. The summed E-state index contributed by atoms with van der Waals surface area (Å²) in [6, 6.07) is 17.9. The fourth-order valence-electron chi connectivity index (χ4n) is 2.01. The summed E-state index contributed by atoms with van der Waals surface area (Å²) in [5, 5.41) is 12.7. The van der Waals surface area contributed by atoms with E-state index in [4.69, 9.17) is 11.6 Å². The Balaban J connectivity index is 1.78. The van der Waals surface area contributed by atoms with Gasteiger partial charge in [-0.05, 0) is 33.7 Å². The molecule has 0 saturated carbocycles. The van der Waals surface area contributed by atoms with Gasteiger partial charge in [-0.25, -0.2) is 4.68 Å². The Morgan fingerprint density at radius 1 is 0.900 bits per heavy atom. The first-order chi connectivity index (χ1) is 9.81. The van der Waals surface area contributed by atoms with Gasteiger partial charge in [-0.1, -0.05) is 54.1 Å². The van der Waals surface area contributed by atoms with Crippen LogP contribution in [0.3, 0.4) is 0 Å². The van der Waals surface area contributed by atoms with E-state index in [2.05, 4.69) is 27.7 Å². The topological polar surface area (TPSA) is 43.6 Å². The van der Waals surface area contributed by atoms with Crippen LogP contribution in [0.25, 0.3) is 0 Å². The van der Waals surface area contributed by atoms with Crippen LogP contribution >= 0.6 is 11.6 Å². The summed E-state index contributed by atoms with van der Waals surface area (Å²) < 4.78 is 1.82. The van der Waals surface area contributed by atoms with E-state index in [-0.39, 0.29) is 0 Å². The molecule has 1 aromatic heterocycles. The first-order valence-electron chi connectivity index (χ1n) is 6.35. The van der Waals surface area contributed by atoms with Gasteiger partial charge in [-0.2, -0.15) is 0 Å². The second-order valence-electron chi connectivity index (χ2n) is 4.54. The molecule has 0 bridgehead atoms. The summed E-state index contributed by atoms with van der Waals surface area (Å²) >= 11 is 5.89. The van der Waals surface area contributed by atoms with E-state index < -0.39 is 0 Å². The average Bonchev–Trinajstić information content (AvgIpc) is 2.90. The molecule has 0 N–H and O–H groups in total. The molecule has 0 unspecified atom stereocenters. The second kappa shape index (κ2) is 5.84. The first-order valence-corrected chi connectivity index (χ1v) is 6.72. The summed E-state index contributed by atoms with van der Waals surface area (Å²) in [5.74, 6) is 0.853. The standard InChI is InChI=1S/C15H13ClN4/c16-14-8-6-13(7-9-14)11-20-15(17-18-19-20)10-12-4-2-1-3-5-12/h1-9H,10-11H2. The minimum Gasteiger partial charge on any atom is -0.225 e. The maximum Gasteiger partial charge on any atom is 0.156 e. The first kappa shape index (κ1) is 12.8. The SMILES string of the molecule is Clc1ccc(Cn2nnnc2Cc2ccccc2)cc1. The molecule has 0 atom stereocenters. The highest BCUT2D eigenvalue weighted by Crippen LogP contribution is 2.12. The fraction of sp³-hybridized carbons (Fsp3) is 0.133. The number of hydrogen-bond acceptors (Lipinski definition) is 3. The molecule has 0 spiro atoms. The van der Waals surface area contributed by atoms with Gasteiger partial charge >= 0.3 is 0 Å². The largest absolute Gasteiger partial charge is 0.225 e. The molecule has 1 heterocycles. The molecule has 0 fully saturated rings. The highest BCUT2D eigenvalue weighted by atomic mass is 35.5. The Kier molecular flexibility index (Phi) is 3.74. The minimum atomic E-state index is 0.645. The number of rotatable bonds is 4. The van der Waals surface area contributed by atoms with E-state index in [1.165, 1.54) is 5.56 Å². The third-order valence-electron chi connectivity index (χ3n) is 3.06. The lowest BCUT2D eigenvalue weighted by atomic mass is 10.1. The van der Waals surface area contributed by atoms with Crippen molar-refractivity contribution in [2.24, 2.45) is 0 Å². The molecule has 5 heteroatoms. The number of nitrogens with zero attached hydrogens (tertiary/aromatic N) is 4. The summed E-state index contributed by atoms with van der Waals surface area (Å²) in [5.41, 5.74) is 2.32. The van der Waals surface area contributed by atoms with Gasteiger partial charge in [0.1, 0.15) is 0 Å². The monoisotopic (exact) mass is 284 g/mol. The van der Waals surface area contributed by atoms with Gasteiger partial charge in [0.25, 0.3) is 0 Å². The molecule has 4 nitrogen and oxygen atoms in total. The smallest absolute Gasteiger partial charge is 0.156 e. The van der Waals surface area contributed by atoms with Crippen LogP contribution in [-0.4, -0.2) is 20.2 Å². The van der Waals surface area contributed by atoms with E-state index in [0.29, 0.717) is 6.54 Å². The quantitative estimate of drug-likeness (QED) is 0.740. The third-order valence-corrected chi connectivity index (χ3v) is 3.31. The highest BCUT2D eigenvalue weighted by Gasteiger charge is 2.07. The number of halogens is 1. The number of tetrazole rings is 1. The van der Waals surface area contributed by atoms with Gasteiger partial charge in [0, 0.05) is 11.4 Å². The molecular weight excluding hydrogens is 272 g/mol. The molecule has 20 heavy (non-hydrogen) atoms. The van der Waals surface area contributed by atoms with Crippen molar-refractivity contribution in [3.63, 3.8) is 0 Å². The van der Waals surface area contributed by atoms with Gasteiger partial charge in [0.15, 0.2) is 5.82 Å². The molecule has 0 aliphatic rings. The number of aromatic nitrogens is 4. The van der Waals surface area contributed by atoms with Crippen LogP contribution in [-0.2, 0) is 13.0 Å². The Labute approximate surface area is 122 Å². The third kappa shape index (κ3) is 3.03. The summed E-state index contributed by atoms with van der Waals surface area (Å²) in [6.07, 6.45) is 0.724. The molecule has 0 saturated heterocycles. The predicted octanol–water partition coefficient (Wildman–Crippen LogP) is 2.97. The van der Waals surface area contributed by atoms with Crippen molar-refractivity contribution in [2.45, 2.75) is 13.0 Å². The molecule has 0 radical (unpaired) electrons. The maximum absolute atomic E-state index is 5.89. The van der Waals surface area contributed by atoms with Gasteiger partial charge in [0.05, 0.1) is 6.54 Å². The normalized spacial score (nSPS) is 10.7. The Bertz CT molecular complexity index is 677. The molecule has 100 valence electrons. The highest BCUT2D eigenvalue weighted by molar-refractivity contribution is 6.30. The zero-order chi connectivity index (χ0) is 13.8. The molecule has 3 rings (SSSR count). The van der Waals surface area contributed by atoms with Crippen molar-refractivity contribution in [3.05, 3.63) is 76.6 Å². The molecule has 0 aliphatic heterocycles. The van der Waals surface area contributed by atoms with Crippen molar-refractivity contribution >= 4 is 11.6 Å². The van der Waals surface area contributed by atoms with E-state index in [1.54, 1.807) is 0 Å². The average molecular weight is 285 g/mol. The van der Waals surface area contributed by atoms with Crippen LogP contribution < -0.4 is 0 Å². The maximum atomic E-state index is 5.89. The van der Waals surface area contributed by atoms with Gasteiger partial charge in [-0.15, -0.1) is 5.10 Å². The summed E-state index contributed by atoms with van der Waals surface area (Å²) in [7, 11) is 0. The molecule has 3 aromatic rings. The number of hydrogen-bond donors (Lipinski definition) is 0. The Morgan fingerprint density at radius 2 is 1.65 bits per heavy atom. The van der Waals surface area contributed by atoms with Gasteiger partial charge in [0.2, 0.25) is 0 Å². The number of benzene rings is 2. The van der Waals surface area contributed by atoms with E-state index >= 15 is 0 Å². The molecule has 0 aliphatic carbocycles. The molecule has 2 aromatic carbocycles. The van der Waals surface area contributed by atoms with Crippen LogP contribution in [0.1, 0.15) is 17.0 Å². The Morgan fingerprint density at radius 3 is 2.40 bits per heavy atom. The van der Waals surface area contributed by atoms with Gasteiger partial charge in [-0.3, -0.25) is 0 Å². The van der Waals surface area contributed by atoms with Crippen LogP contribution in [0.2, 0.25) is 5.02 Å². The minimum absolute atomic E-state index is 0.645. The fourth-order valence-corrected chi connectivity index (χ4v) is 2.14. The van der Waals surface area contributed by atoms with Crippen molar-refractivity contribution in [3.8, 4) is 0 Å². The second-order valence-corrected chi connectivity index (χ2v) is 4.98. The Hall–Kier alpha value is -2.20. The van der Waals surface area contributed by atoms with Gasteiger partial charge < -0.3 is 0 Å². The van der Waals surface area contributed by atoms with E-state index in [9.17, 15) is 0 Å². The molecule has 0 amide bonds. The zero-order valence-corrected chi connectivity index (χ0v) is 11.5.